The Morgan fingerprint density at radius 2 is 1.17 bits per heavy atom. The predicted molar refractivity (Wildman–Crippen MR) is 176 cm³/mol. The molecule has 10 heteroatoms. The Labute approximate surface area is 269 Å². The van der Waals surface area contributed by atoms with Crippen molar-refractivity contribution >= 4 is 41.3 Å². The van der Waals surface area contributed by atoms with Crippen LogP contribution in [0.3, 0.4) is 0 Å². The average Bonchev–Trinajstić information content (AvgIpc) is 3.03. The Bertz CT molecular complexity index is 1450. The monoisotopic (exact) mass is 630 g/mol. The summed E-state index contributed by atoms with van der Waals surface area (Å²) in [6.07, 6.45) is 10.2. The van der Waals surface area contributed by atoms with Gasteiger partial charge < -0.3 is 30.4 Å². The van der Waals surface area contributed by atoms with Crippen LogP contribution in [0.4, 0.5) is 11.4 Å². The van der Waals surface area contributed by atoms with E-state index in [1.807, 2.05) is 0 Å². The molecule has 0 fully saturated rings. The van der Waals surface area contributed by atoms with Crippen molar-refractivity contribution in [2.45, 2.75) is 64.7 Å². The lowest BCUT2D eigenvalue weighted by Crippen LogP contribution is -2.08. The molecule has 10 nitrogen and oxygen atoms in total. The summed E-state index contributed by atoms with van der Waals surface area (Å²) in [5.74, 6) is -1.01. The number of esters is 4. The first-order valence-corrected chi connectivity index (χ1v) is 15.5. The van der Waals surface area contributed by atoms with E-state index in [9.17, 15) is 19.2 Å². The van der Waals surface area contributed by atoms with Crippen molar-refractivity contribution in [1.82, 2.24) is 0 Å². The van der Waals surface area contributed by atoms with Gasteiger partial charge in [0.1, 0.15) is 11.5 Å². The Hall–Kier alpha value is -5.12. The van der Waals surface area contributed by atoms with E-state index in [-0.39, 0.29) is 5.97 Å². The van der Waals surface area contributed by atoms with Crippen LogP contribution in [0.1, 0.15) is 91.0 Å². The van der Waals surface area contributed by atoms with E-state index in [2.05, 4.69) is 6.92 Å². The van der Waals surface area contributed by atoms with Crippen LogP contribution in [0.15, 0.2) is 72.8 Å². The van der Waals surface area contributed by atoms with E-state index in [1.165, 1.54) is 18.2 Å². The number of hydrogen-bond acceptors (Lipinski definition) is 10. The summed E-state index contributed by atoms with van der Waals surface area (Å²) in [6.45, 7) is 2.68. The minimum atomic E-state index is -0.572. The van der Waals surface area contributed by atoms with Crippen molar-refractivity contribution in [2.75, 3.05) is 24.7 Å². The standard InChI is InChI=1S/C36H42N2O8/c1-2-3-7-10-33(39)45-31-16-18-32(19-17-31)46-34(40)20-13-26-11-14-27(15-12-26)35(41)43-21-8-5-4-6-9-22-44-36(42)28-23-29(37)25-30(38)24-28/h11-20,23-25H,2-10,21-22,37-38H2,1H3. The van der Waals surface area contributed by atoms with E-state index in [0.29, 0.717) is 59.2 Å². The first kappa shape index (κ1) is 35.4. The fourth-order valence-electron chi connectivity index (χ4n) is 4.35. The number of benzene rings is 3. The van der Waals surface area contributed by atoms with Gasteiger partial charge in [-0.05, 0) is 85.5 Å². The fourth-order valence-corrected chi connectivity index (χ4v) is 4.35. The molecule has 0 unspecified atom stereocenters. The Morgan fingerprint density at radius 3 is 1.76 bits per heavy atom. The summed E-state index contributed by atoms with van der Waals surface area (Å²) in [4.78, 5) is 48.5. The van der Waals surface area contributed by atoms with Crippen LogP contribution in [0.25, 0.3) is 6.08 Å². The van der Waals surface area contributed by atoms with Crippen molar-refractivity contribution in [2.24, 2.45) is 0 Å². The second-order valence-electron chi connectivity index (χ2n) is 10.7. The molecule has 0 aromatic heterocycles. The number of rotatable bonds is 18. The molecule has 46 heavy (non-hydrogen) atoms. The minimum absolute atomic E-state index is 0.288. The molecule has 0 aliphatic rings. The second kappa shape index (κ2) is 19.3. The second-order valence-corrected chi connectivity index (χ2v) is 10.7. The lowest BCUT2D eigenvalue weighted by Gasteiger charge is -2.07. The van der Waals surface area contributed by atoms with Gasteiger partial charge >= 0.3 is 23.9 Å². The van der Waals surface area contributed by atoms with Gasteiger partial charge in [-0.3, -0.25) is 4.79 Å². The Kier molecular flexibility index (Phi) is 14.8. The van der Waals surface area contributed by atoms with Crippen LogP contribution in [0, 0.1) is 0 Å². The topological polar surface area (TPSA) is 157 Å². The van der Waals surface area contributed by atoms with Gasteiger partial charge in [-0.15, -0.1) is 0 Å². The van der Waals surface area contributed by atoms with E-state index in [0.717, 1.165) is 51.4 Å². The van der Waals surface area contributed by atoms with Gasteiger partial charge in [0.25, 0.3) is 0 Å². The average molecular weight is 631 g/mol. The molecule has 0 spiro atoms. The fraction of sp³-hybridized carbons (Fsp3) is 0.333. The molecule has 0 aliphatic carbocycles. The zero-order valence-electron chi connectivity index (χ0n) is 26.2. The van der Waals surface area contributed by atoms with Gasteiger partial charge in [0.2, 0.25) is 0 Å². The quantitative estimate of drug-likeness (QED) is 0.0497. The number of carbonyl (C=O) groups is 4. The zero-order chi connectivity index (χ0) is 33.1. The number of unbranched alkanes of at least 4 members (excludes halogenated alkanes) is 6. The molecule has 0 aliphatic heterocycles. The van der Waals surface area contributed by atoms with Gasteiger partial charge in [-0.2, -0.15) is 0 Å². The first-order chi connectivity index (χ1) is 22.2. The van der Waals surface area contributed by atoms with Gasteiger partial charge in [0.05, 0.1) is 24.3 Å². The number of carbonyl (C=O) groups excluding carboxylic acids is 4. The summed E-state index contributed by atoms with van der Waals surface area (Å²) in [6, 6.07) is 17.6. The molecule has 244 valence electrons. The molecule has 4 N–H and O–H groups in total. The van der Waals surface area contributed by atoms with Crippen LogP contribution in [-0.2, 0) is 19.1 Å². The highest BCUT2D eigenvalue weighted by atomic mass is 16.5. The highest BCUT2D eigenvalue weighted by Gasteiger charge is 2.10. The molecule has 0 saturated heterocycles. The third-order valence-electron chi connectivity index (χ3n) is 6.78. The molecule has 0 bridgehead atoms. The summed E-state index contributed by atoms with van der Waals surface area (Å²) < 4.78 is 21.2. The highest BCUT2D eigenvalue weighted by Crippen LogP contribution is 2.19. The normalized spacial score (nSPS) is 10.8. The number of ether oxygens (including phenoxy) is 4. The van der Waals surface area contributed by atoms with Crippen molar-refractivity contribution < 1.29 is 38.1 Å². The van der Waals surface area contributed by atoms with Crippen molar-refractivity contribution in [3.05, 3.63) is 89.5 Å². The number of anilines is 2. The smallest absolute Gasteiger partial charge is 0.338 e. The predicted octanol–water partition coefficient (Wildman–Crippen LogP) is 6.92. The molecular weight excluding hydrogens is 588 g/mol. The van der Waals surface area contributed by atoms with E-state index in [1.54, 1.807) is 60.7 Å². The van der Waals surface area contributed by atoms with Crippen molar-refractivity contribution in [1.29, 1.82) is 0 Å². The van der Waals surface area contributed by atoms with Crippen LogP contribution < -0.4 is 20.9 Å². The SMILES string of the molecule is CCCCCC(=O)Oc1ccc(OC(=O)C=Cc2ccc(C(=O)OCCCCCCCOC(=O)c3cc(N)cc(N)c3)cc2)cc1. The minimum Gasteiger partial charge on any atom is -0.462 e. The molecule has 0 amide bonds. The summed E-state index contributed by atoms with van der Waals surface area (Å²) in [7, 11) is 0. The van der Waals surface area contributed by atoms with Crippen molar-refractivity contribution in [3.8, 4) is 11.5 Å². The Morgan fingerprint density at radius 1 is 0.630 bits per heavy atom. The summed E-state index contributed by atoms with van der Waals surface area (Å²) >= 11 is 0. The van der Waals surface area contributed by atoms with Crippen LogP contribution >= 0.6 is 0 Å². The van der Waals surface area contributed by atoms with Gasteiger partial charge in [0.15, 0.2) is 0 Å². The first-order valence-electron chi connectivity index (χ1n) is 15.5. The zero-order valence-corrected chi connectivity index (χ0v) is 26.2. The van der Waals surface area contributed by atoms with E-state index >= 15 is 0 Å². The van der Waals surface area contributed by atoms with Gasteiger partial charge in [-0.25, -0.2) is 14.4 Å². The summed E-state index contributed by atoms with van der Waals surface area (Å²) in [5, 5.41) is 0. The molecule has 3 rings (SSSR count). The maximum Gasteiger partial charge on any atom is 0.338 e. The van der Waals surface area contributed by atoms with Gasteiger partial charge in [0, 0.05) is 23.9 Å². The van der Waals surface area contributed by atoms with Crippen LogP contribution in [-0.4, -0.2) is 37.1 Å². The number of nitrogen functional groups attached to an aromatic ring is 2. The van der Waals surface area contributed by atoms with Gasteiger partial charge in [-0.1, -0.05) is 51.2 Å². The van der Waals surface area contributed by atoms with Crippen LogP contribution in [0.2, 0.25) is 0 Å². The molecule has 0 heterocycles. The number of nitrogens with two attached hydrogens (primary N) is 2. The van der Waals surface area contributed by atoms with E-state index in [4.69, 9.17) is 30.4 Å². The molecule has 3 aromatic rings. The van der Waals surface area contributed by atoms with Crippen molar-refractivity contribution in [3.63, 3.8) is 0 Å². The maximum absolute atomic E-state index is 12.4. The third kappa shape index (κ3) is 13.3. The molecule has 0 radical (unpaired) electrons. The molecular formula is C36H42N2O8. The lowest BCUT2D eigenvalue weighted by molar-refractivity contribution is -0.134. The molecule has 0 atom stereocenters. The van der Waals surface area contributed by atoms with Crippen LogP contribution in [0.5, 0.6) is 11.5 Å². The molecule has 0 saturated carbocycles. The number of hydrogen-bond donors (Lipinski definition) is 2. The van der Waals surface area contributed by atoms with E-state index < -0.39 is 17.9 Å². The highest BCUT2D eigenvalue weighted by molar-refractivity contribution is 5.92. The molecule has 3 aromatic carbocycles. The lowest BCUT2D eigenvalue weighted by atomic mass is 10.1. The maximum atomic E-state index is 12.4. The summed E-state index contributed by atoms with van der Waals surface area (Å²) in [5.41, 5.74) is 13.7. The largest absolute Gasteiger partial charge is 0.462 e. The Balaban J connectivity index is 1.27. The third-order valence-corrected chi connectivity index (χ3v) is 6.78.